The molecule has 0 aromatic heterocycles. The van der Waals surface area contributed by atoms with Gasteiger partial charge in [0.15, 0.2) is 0 Å². The first-order valence-electron chi connectivity index (χ1n) is 9.29. The first-order chi connectivity index (χ1) is 14.9. The summed E-state index contributed by atoms with van der Waals surface area (Å²) in [7, 11) is 1.33. The lowest BCUT2D eigenvalue weighted by Crippen LogP contribution is -2.30. The smallest absolute Gasteiger partial charge is 0.319 e. The summed E-state index contributed by atoms with van der Waals surface area (Å²) < 4.78 is 5.58. The quantitative estimate of drug-likeness (QED) is 0.382. The van der Waals surface area contributed by atoms with Crippen molar-refractivity contribution in [1.82, 2.24) is 5.32 Å². The molecule has 0 saturated heterocycles. The van der Waals surface area contributed by atoms with Gasteiger partial charge >= 0.3 is 5.97 Å². The van der Waals surface area contributed by atoms with Crippen LogP contribution in [0.3, 0.4) is 0 Å². The van der Waals surface area contributed by atoms with Crippen molar-refractivity contribution >= 4 is 56.7 Å². The fourth-order valence-electron chi connectivity index (χ4n) is 3.06. The molecule has 0 spiro atoms. The second kappa shape index (κ2) is 10.8. The van der Waals surface area contributed by atoms with Gasteiger partial charge in [0.25, 0.3) is 5.91 Å². The molecule has 0 heterocycles. The Morgan fingerprint density at radius 3 is 2.39 bits per heavy atom. The lowest BCUT2D eigenvalue weighted by Gasteiger charge is -2.23. The monoisotopic (exact) mass is 520 g/mol. The molecular formula is C23H19BrCl2N2O3. The summed E-state index contributed by atoms with van der Waals surface area (Å²) in [6.07, 6.45) is 0. The predicted octanol–water partition coefficient (Wildman–Crippen LogP) is 5.86. The Labute approximate surface area is 198 Å². The van der Waals surface area contributed by atoms with Gasteiger partial charge in [-0.15, -0.1) is 0 Å². The van der Waals surface area contributed by atoms with E-state index >= 15 is 0 Å². The SMILES string of the molecule is COC(=O)CN[C@@H](c1cccc(Cl)c1)c1cc(Br)ccc1NC(=O)c1cccc(Cl)c1. The van der Waals surface area contributed by atoms with Gasteiger partial charge in [0, 0.05) is 25.8 Å². The number of ether oxygens (including phenoxy) is 1. The average molecular weight is 522 g/mol. The van der Waals surface area contributed by atoms with Gasteiger partial charge in [-0.3, -0.25) is 14.9 Å². The van der Waals surface area contributed by atoms with Crippen molar-refractivity contribution in [2.75, 3.05) is 19.0 Å². The number of amides is 1. The van der Waals surface area contributed by atoms with E-state index in [4.69, 9.17) is 27.9 Å². The standard InChI is InChI=1S/C23H19BrCl2N2O3/c1-31-21(29)13-27-22(14-4-2-6-17(25)10-14)19-12-16(24)8-9-20(19)28-23(30)15-5-3-7-18(26)11-15/h2-12,22,27H,13H2,1H3,(H,28,30)/t22-/m0/s1. The number of halogens is 3. The molecule has 2 N–H and O–H groups in total. The van der Waals surface area contributed by atoms with Crippen molar-refractivity contribution in [1.29, 1.82) is 0 Å². The van der Waals surface area contributed by atoms with E-state index in [2.05, 4.69) is 26.6 Å². The highest BCUT2D eigenvalue weighted by atomic mass is 79.9. The van der Waals surface area contributed by atoms with E-state index in [-0.39, 0.29) is 12.5 Å². The lowest BCUT2D eigenvalue weighted by molar-refractivity contribution is -0.139. The van der Waals surface area contributed by atoms with Crippen molar-refractivity contribution in [3.63, 3.8) is 0 Å². The number of hydrogen-bond acceptors (Lipinski definition) is 4. The van der Waals surface area contributed by atoms with Crippen molar-refractivity contribution in [2.45, 2.75) is 6.04 Å². The molecule has 0 aliphatic carbocycles. The number of methoxy groups -OCH3 is 1. The molecule has 0 aliphatic heterocycles. The van der Waals surface area contributed by atoms with Crippen LogP contribution in [0.2, 0.25) is 10.0 Å². The molecule has 3 aromatic rings. The van der Waals surface area contributed by atoms with Crippen LogP contribution in [0.5, 0.6) is 0 Å². The van der Waals surface area contributed by atoms with Crippen molar-refractivity contribution < 1.29 is 14.3 Å². The van der Waals surface area contributed by atoms with Crippen LogP contribution in [0.4, 0.5) is 5.69 Å². The number of anilines is 1. The molecular weight excluding hydrogens is 503 g/mol. The molecule has 0 bridgehead atoms. The molecule has 0 fully saturated rings. The maximum atomic E-state index is 12.8. The number of benzene rings is 3. The molecule has 3 rings (SSSR count). The predicted molar refractivity (Wildman–Crippen MR) is 127 cm³/mol. The van der Waals surface area contributed by atoms with Crippen LogP contribution in [-0.2, 0) is 9.53 Å². The molecule has 0 saturated carbocycles. The number of carbonyl (C=O) groups excluding carboxylic acids is 2. The lowest BCUT2D eigenvalue weighted by atomic mass is 9.96. The fraction of sp³-hybridized carbons (Fsp3) is 0.130. The summed E-state index contributed by atoms with van der Waals surface area (Å²) in [5.41, 5.74) is 2.59. The second-order valence-corrected chi connectivity index (χ2v) is 8.43. The molecule has 5 nitrogen and oxygen atoms in total. The maximum Gasteiger partial charge on any atom is 0.319 e. The van der Waals surface area contributed by atoms with Crippen molar-refractivity contribution in [3.05, 3.63) is 97.9 Å². The molecule has 3 aromatic carbocycles. The number of esters is 1. The van der Waals surface area contributed by atoms with Gasteiger partial charge in [-0.05, 0) is 59.7 Å². The van der Waals surface area contributed by atoms with Crippen LogP contribution < -0.4 is 10.6 Å². The van der Waals surface area contributed by atoms with Crippen LogP contribution in [0.1, 0.15) is 27.5 Å². The molecule has 8 heteroatoms. The highest BCUT2D eigenvalue weighted by Gasteiger charge is 2.21. The van der Waals surface area contributed by atoms with E-state index in [1.165, 1.54) is 7.11 Å². The number of nitrogens with one attached hydrogen (secondary N) is 2. The molecule has 1 amide bonds. The Kier molecular flexibility index (Phi) is 8.09. The summed E-state index contributed by atoms with van der Waals surface area (Å²) in [5.74, 6) is -0.713. The number of rotatable bonds is 7. The second-order valence-electron chi connectivity index (χ2n) is 6.64. The number of hydrogen-bond donors (Lipinski definition) is 2. The van der Waals surface area contributed by atoms with Crippen LogP contribution in [0.15, 0.2) is 71.2 Å². The van der Waals surface area contributed by atoms with E-state index in [0.29, 0.717) is 21.3 Å². The highest BCUT2D eigenvalue weighted by molar-refractivity contribution is 9.10. The third-order valence-corrected chi connectivity index (χ3v) is 5.48. The van der Waals surface area contributed by atoms with Crippen LogP contribution in [-0.4, -0.2) is 25.5 Å². The Bertz CT molecular complexity index is 1110. The molecule has 0 radical (unpaired) electrons. The van der Waals surface area contributed by atoms with E-state index in [9.17, 15) is 9.59 Å². The van der Waals surface area contributed by atoms with Gasteiger partial charge in [-0.1, -0.05) is 57.3 Å². The van der Waals surface area contributed by atoms with E-state index in [1.807, 2.05) is 24.3 Å². The van der Waals surface area contributed by atoms with E-state index in [1.54, 1.807) is 42.5 Å². The fourth-order valence-corrected chi connectivity index (χ4v) is 3.83. The zero-order chi connectivity index (χ0) is 22.4. The molecule has 1 atom stereocenters. The van der Waals surface area contributed by atoms with E-state index in [0.717, 1.165) is 15.6 Å². The zero-order valence-corrected chi connectivity index (χ0v) is 19.6. The Hall–Kier alpha value is -2.38. The minimum atomic E-state index is -0.440. The largest absolute Gasteiger partial charge is 0.468 e. The first-order valence-corrected chi connectivity index (χ1v) is 10.8. The van der Waals surface area contributed by atoms with Gasteiger partial charge in [0.05, 0.1) is 19.7 Å². The van der Waals surface area contributed by atoms with Crippen molar-refractivity contribution in [2.24, 2.45) is 0 Å². The van der Waals surface area contributed by atoms with E-state index < -0.39 is 12.0 Å². The van der Waals surface area contributed by atoms with Gasteiger partial charge in [0.2, 0.25) is 0 Å². The first kappa shape index (κ1) is 23.3. The molecule has 31 heavy (non-hydrogen) atoms. The Morgan fingerprint density at radius 2 is 1.71 bits per heavy atom. The minimum Gasteiger partial charge on any atom is -0.468 e. The van der Waals surface area contributed by atoms with Gasteiger partial charge in [0.1, 0.15) is 0 Å². The molecule has 160 valence electrons. The minimum absolute atomic E-state index is 0.0259. The Balaban J connectivity index is 2.00. The summed E-state index contributed by atoms with van der Waals surface area (Å²) in [4.78, 5) is 24.6. The number of carbonyl (C=O) groups is 2. The third kappa shape index (κ3) is 6.31. The van der Waals surface area contributed by atoms with Gasteiger partial charge in [-0.2, -0.15) is 0 Å². The third-order valence-electron chi connectivity index (χ3n) is 4.52. The zero-order valence-electron chi connectivity index (χ0n) is 16.5. The van der Waals surface area contributed by atoms with Crippen molar-refractivity contribution in [3.8, 4) is 0 Å². The maximum absolute atomic E-state index is 12.8. The van der Waals surface area contributed by atoms with Gasteiger partial charge < -0.3 is 10.1 Å². The summed E-state index contributed by atoms with van der Waals surface area (Å²) in [6.45, 7) is -0.0259. The Morgan fingerprint density at radius 1 is 1.00 bits per heavy atom. The van der Waals surface area contributed by atoms with Crippen LogP contribution in [0.25, 0.3) is 0 Å². The van der Waals surface area contributed by atoms with Gasteiger partial charge in [-0.25, -0.2) is 0 Å². The topological polar surface area (TPSA) is 67.4 Å². The van der Waals surface area contributed by atoms with Crippen LogP contribution >= 0.6 is 39.1 Å². The summed E-state index contributed by atoms with van der Waals surface area (Å²) >= 11 is 15.7. The molecule has 0 aliphatic rings. The normalized spacial score (nSPS) is 11.6. The highest BCUT2D eigenvalue weighted by Crippen LogP contribution is 2.32. The summed E-state index contributed by atoms with van der Waals surface area (Å²) in [6, 6.07) is 19.0. The summed E-state index contributed by atoms with van der Waals surface area (Å²) in [5, 5.41) is 7.16. The van der Waals surface area contributed by atoms with Crippen LogP contribution in [0, 0.1) is 0 Å². The molecule has 0 unspecified atom stereocenters. The average Bonchev–Trinajstić information content (AvgIpc) is 2.75.